The molecule has 4 aromatic rings. The highest BCUT2D eigenvalue weighted by molar-refractivity contribution is 7.99. The molecule has 0 saturated heterocycles. The number of nitrogens with zero attached hydrogens (tertiary/aromatic N) is 4. The molecular weight excluding hydrogens is 452 g/mol. The number of benzene rings is 1. The average molecular weight is 466 g/mol. The number of thiazole rings is 2. The van der Waals surface area contributed by atoms with Crippen molar-refractivity contribution < 1.29 is 18.0 Å². The fourth-order valence-corrected chi connectivity index (χ4v) is 4.34. The van der Waals surface area contributed by atoms with Gasteiger partial charge in [0.25, 0.3) is 5.22 Å². The van der Waals surface area contributed by atoms with Crippen LogP contribution in [0.4, 0.5) is 13.9 Å². The average Bonchev–Trinajstić information content (AvgIpc) is 3.45. The summed E-state index contributed by atoms with van der Waals surface area (Å²) in [5, 5.41) is 15.7. The molecular formula is C18H13F2N5O2S3. The number of hydrogen-bond acceptors (Lipinski definition) is 9. The minimum atomic E-state index is -0.952. The standard InChI is InChI=1S/C18H13F2N5O2S3/c1-9-21-11(6-28-9)5-16-24-25-18(27-16)30-8-15(26)23-17-22-14(7-29-17)10-2-3-12(19)13(20)4-10/h2-4,6-7H,5,8H2,1H3,(H,22,23,26). The van der Waals surface area contributed by atoms with E-state index in [1.807, 2.05) is 12.3 Å². The number of anilines is 1. The van der Waals surface area contributed by atoms with Gasteiger partial charge in [0.05, 0.1) is 28.6 Å². The number of hydrogen-bond donors (Lipinski definition) is 1. The molecule has 0 aliphatic rings. The monoisotopic (exact) mass is 465 g/mol. The summed E-state index contributed by atoms with van der Waals surface area (Å²) in [7, 11) is 0. The first kappa shape index (κ1) is 20.6. The van der Waals surface area contributed by atoms with Gasteiger partial charge in [0.15, 0.2) is 16.8 Å². The molecule has 0 aliphatic carbocycles. The second-order valence-corrected chi connectivity index (χ2v) is 8.85. The molecule has 0 aliphatic heterocycles. The maximum Gasteiger partial charge on any atom is 0.277 e. The third-order valence-electron chi connectivity index (χ3n) is 3.74. The molecule has 1 N–H and O–H groups in total. The summed E-state index contributed by atoms with van der Waals surface area (Å²) in [5.74, 6) is -1.70. The third kappa shape index (κ3) is 5.07. The van der Waals surface area contributed by atoms with Crippen molar-refractivity contribution in [3.05, 3.63) is 57.2 Å². The van der Waals surface area contributed by atoms with E-state index in [1.54, 1.807) is 16.7 Å². The van der Waals surface area contributed by atoms with Crippen LogP contribution in [0.5, 0.6) is 0 Å². The maximum atomic E-state index is 13.4. The maximum absolute atomic E-state index is 13.4. The van der Waals surface area contributed by atoms with Crippen LogP contribution in [0.1, 0.15) is 16.6 Å². The molecule has 3 heterocycles. The predicted molar refractivity (Wildman–Crippen MR) is 111 cm³/mol. The third-order valence-corrected chi connectivity index (χ3v) is 6.14. The first-order valence-corrected chi connectivity index (χ1v) is 11.3. The van der Waals surface area contributed by atoms with E-state index in [2.05, 4.69) is 25.5 Å². The summed E-state index contributed by atoms with van der Waals surface area (Å²) < 4.78 is 32.0. The number of halogens is 2. The molecule has 0 radical (unpaired) electrons. The van der Waals surface area contributed by atoms with Gasteiger partial charge in [0, 0.05) is 16.3 Å². The number of aryl methyl sites for hydroxylation is 1. The number of aromatic nitrogens is 4. The van der Waals surface area contributed by atoms with Crippen LogP contribution in [0.15, 0.2) is 38.6 Å². The Morgan fingerprint density at radius 2 is 2.03 bits per heavy atom. The van der Waals surface area contributed by atoms with Crippen molar-refractivity contribution in [3.8, 4) is 11.3 Å². The number of nitrogens with one attached hydrogen (secondary N) is 1. The molecule has 0 bridgehead atoms. The molecule has 1 aromatic carbocycles. The van der Waals surface area contributed by atoms with Crippen molar-refractivity contribution in [2.75, 3.05) is 11.1 Å². The van der Waals surface area contributed by atoms with Gasteiger partial charge in [-0.2, -0.15) is 0 Å². The highest BCUT2D eigenvalue weighted by Crippen LogP contribution is 2.26. The Labute approximate surface area is 181 Å². The van der Waals surface area contributed by atoms with Crippen LogP contribution < -0.4 is 5.32 Å². The molecule has 154 valence electrons. The Kier molecular flexibility index (Phi) is 6.16. The fourth-order valence-electron chi connectivity index (χ4n) is 2.41. The van der Waals surface area contributed by atoms with Gasteiger partial charge in [0.1, 0.15) is 0 Å². The summed E-state index contributed by atoms with van der Waals surface area (Å²) in [6, 6.07) is 3.52. The summed E-state index contributed by atoms with van der Waals surface area (Å²) >= 11 is 3.84. The first-order chi connectivity index (χ1) is 14.5. The lowest BCUT2D eigenvalue weighted by molar-refractivity contribution is -0.113. The SMILES string of the molecule is Cc1nc(Cc2nnc(SCC(=O)Nc3nc(-c4ccc(F)c(F)c4)cs3)o2)cs1. The Morgan fingerprint density at radius 1 is 1.17 bits per heavy atom. The van der Waals surface area contributed by atoms with Crippen molar-refractivity contribution in [2.45, 2.75) is 18.6 Å². The van der Waals surface area contributed by atoms with E-state index in [1.165, 1.54) is 17.4 Å². The number of thioether (sulfide) groups is 1. The second kappa shape index (κ2) is 8.98. The first-order valence-electron chi connectivity index (χ1n) is 8.53. The largest absolute Gasteiger partial charge is 0.416 e. The van der Waals surface area contributed by atoms with Crippen LogP contribution >= 0.6 is 34.4 Å². The fraction of sp³-hybridized carbons (Fsp3) is 0.167. The Balaban J connectivity index is 1.30. The molecule has 4 rings (SSSR count). The van der Waals surface area contributed by atoms with E-state index in [0.29, 0.717) is 28.7 Å². The Bertz CT molecular complexity index is 1190. The summed E-state index contributed by atoms with van der Waals surface area (Å²) in [5.41, 5.74) is 1.73. The van der Waals surface area contributed by atoms with E-state index in [4.69, 9.17) is 4.42 Å². The van der Waals surface area contributed by atoms with E-state index < -0.39 is 11.6 Å². The molecule has 0 unspecified atom stereocenters. The molecule has 7 nitrogen and oxygen atoms in total. The van der Waals surface area contributed by atoms with Crippen LogP contribution in [-0.4, -0.2) is 31.8 Å². The lowest BCUT2D eigenvalue weighted by atomic mass is 10.2. The molecule has 1 amide bonds. The van der Waals surface area contributed by atoms with Crippen LogP contribution in [0.2, 0.25) is 0 Å². The van der Waals surface area contributed by atoms with Gasteiger partial charge in [-0.05, 0) is 25.1 Å². The van der Waals surface area contributed by atoms with Crippen LogP contribution in [0.3, 0.4) is 0 Å². The Hall–Kier alpha value is -2.70. The number of carbonyl (C=O) groups excluding carboxylic acids is 1. The van der Waals surface area contributed by atoms with E-state index in [0.717, 1.165) is 34.6 Å². The van der Waals surface area contributed by atoms with Gasteiger partial charge in [0.2, 0.25) is 11.8 Å². The predicted octanol–water partition coefficient (Wildman–Crippen LogP) is 4.56. The van der Waals surface area contributed by atoms with Crippen molar-refractivity contribution >= 4 is 45.5 Å². The normalized spacial score (nSPS) is 11.0. The van der Waals surface area contributed by atoms with E-state index in [9.17, 15) is 13.6 Å². The van der Waals surface area contributed by atoms with Crippen molar-refractivity contribution in [1.29, 1.82) is 0 Å². The van der Waals surface area contributed by atoms with Gasteiger partial charge in [-0.3, -0.25) is 4.79 Å². The molecule has 0 atom stereocenters. The smallest absolute Gasteiger partial charge is 0.277 e. The topological polar surface area (TPSA) is 93.8 Å². The van der Waals surface area contributed by atoms with Gasteiger partial charge in [-0.25, -0.2) is 18.7 Å². The van der Waals surface area contributed by atoms with Gasteiger partial charge in [-0.15, -0.1) is 32.9 Å². The van der Waals surface area contributed by atoms with Gasteiger partial charge in [-0.1, -0.05) is 11.8 Å². The van der Waals surface area contributed by atoms with Crippen LogP contribution in [0.25, 0.3) is 11.3 Å². The zero-order valence-electron chi connectivity index (χ0n) is 15.4. The zero-order chi connectivity index (χ0) is 21.1. The minimum Gasteiger partial charge on any atom is -0.416 e. The van der Waals surface area contributed by atoms with Crippen molar-refractivity contribution in [1.82, 2.24) is 20.2 Å². The quantitative estimate of drug-likeness (QED) is 0.400. The number of carbonyl (C=O) groups is 1. The Morgan fingerprint density at radius 3 is 2.80 bits per heavy atom. The van der Waals surface area contributed by atoms with Crippen LogP contribution in [0, 0.1) is 18.6 Å². The molecule has 12 heteroatoms. The minimum absolute atomic E-state index is 0.0531. The van der Waals surface area contributed by atoms with Gasteiger partial charge >= 0.3 is 0 Å². The van der Waals surface area contributed by atoms with E-state index >= 15 is 0 Å². The number of rotatable bonds is 7. The second-order valence-electron chi connectivity index (χ2n) is 6.00. The summed E-state index contributed by atoms with van der Waals surface area (Å²) in [6.45, 7) is 1.92. The van der Waals surface area contributed by atoms with Crippen molar-refractivity contribution in [2.24, 2.45) is 0 Å². The molecule has 30 heavy (non-hydrogen) atoms. The van der Waals surface area contributed by atoms with E-state index in [-0.39, 0.29) is 16.9 Å². The molecule has 3 aromatic heterocycles. The molecule has 0 fully saturated rings. The van der Waals surface area contributed by atoms with Crippen LogP contribution in [-0.2, 0) is 11.2 Å². The lowest BCUT2D eigenvalue weighted by Crippen LogP contribution is -2.13. The zero-order valence-corrected chi connectivity index (χ0v) is 17.8. The lowest BCUT2D eigenvalue weighted by Gasteiger charge is -2.00. The molecule has 0 saturated carbocycles. The summed E-state index contributed by atoms with van der Waals surface area (Å²) in [4.78, 5) is 20.7. The highest BCUT2D eigenvalue weighted by atomic mass is 32.2. The van der Waals surface area contributed by atoms with Gasteiger partial charge < -0.3 is 9.73 Å². The number of amides is 1. The van der Waals surface area contributed by atoms with Crippen molar-refractivity contribution in [3.63, 3.8) is 0 Å². The molecule has 0 spiro atoms. The summed E-state index contributed by atoms with van der Waals surface area (Å²) in [6.07, 6.45) is 0.440. The highest BCUT2D eigenvalue weighted by Gasteiger charge is 2.13.